The van der Waals surface area contributed by atoms with E-state index in [0.29, 0.717) is 5.69 Å². The molecule has 1 heterocycles. The number of pyridine rings is 1. The highest BCUT2D eigenvalue weighted by Gasteiger charge is 2.10. The van der Waals surface area contributed by atoms with Crippen LogP contribution in [0.5, 0.6) is 0 Å². The lowest BCUT2D eigenvalue weighted by Crippen LogP contribution is -2.15. The van der Waals surface area contributed by atoms with Crippen molar-refractivity contribution in [2.45, 2.75) is 33.1 Å². The highest BCUT2D eigenvalue weighted by atomic mass is 79.9. The van der Waals surface area contributed by atoms with E-state index in [2.05, 4.69) is 38.5 Å². The lowest BCUT2D eigenvalue weighted by Gasteiger charge is -2.10. The summed E-state index contributed by atoms with van der Waals surface area (Å²) in [7, 11) is 0. The zero-order chi connectivity index (χ0) is 16.7. The van der Waals surface area contributed by atoms with E-state index >= 15 is 0 Å². The normalized spacial score (nSPS) is 10.4. The van der Waals surface area contributed by atoms with E-state index in [1.807, 2.05) is 31.2 Å². The highest BCUT2D eigenvalue weighted by Crippen LogP contribution is 2.20. The molecule has 2 N–H and O–H groups in total. The van der Waals surface area contributed by atoms with Crippen LogP contribution < -0.4 is 10.6 Å². The maximum Gasteiger partial charge on any atom is 0.274 e. The van der Waals surface area contributed by atoms with Crippen LogP contribution in [0.2, 0.25) is 0 Å². The van der Waals surface area contributed by atoms with Crippen LogP contribution in [-0.4, -0.2) is 17.4 Å². The Morgan fingerprint density at radius 1 is 1.22 bits per heavy atom. The third-order valence-electron chi connectivity index (χ3n) is 3.54. The summed E-state index contributed by atoms with van der Waals surface area (Å²) in [6, 6.07) is 9.42. The first-order chi connectivity index (χ1) is 11.1. The van der Waals surface area contributed by atoms with E-state index in [0.717, 1.165) is 34.4 Å². The quantitative estimate of drug-likeness (QED) is 0.668. The summed E-state index contributed by atoms with van der Waals surface area (Å²) in [5.41, 5.74) is 3.13. The fourth-order valence-electron chi connectivity index (χ4n) is 2.23. The molecule has 0 bridgehead atoms. The molecule has 23 heavy (non-hydrogen) atoms. The minimum absolute atomic E-state index is 0.201. The molecular weight excluding hydrogens is 354 g/mol. The summed E-state index contributed by atoms with van der Waals surface area (Å²) in [6.45, 7) is 5.04. The van der Waals surface area contributed by atoms with Crippen molar-refractivity contribution < 1.29 is 4.79 Å². The number of amides is 1. The predicted octanol–water partition coefficient (Wildman–Crippen LogP) is 5.01. The monoisotopic (exact) mass is 375 g/mol. The van der Waals surface area contributed by atoms with Gasteiger partial charge in [0.05, 0.1) is 0 Å². The standard InChI is InChI=1S/C18H22BrN3O/c1-3-4-5-9-20-15-8-10-21-17(12-15)18(23)22-16-7-6-14(19)11-13(16)2/h6-8,10-12H,3-5,9H2,1-2H3,(H,20,21)(H,22,23). The first-order valence-corrected chi connectivity index (χ1v) is 8.67. The summed E-state index contributed by atoms with van der Waals surface area (Å²) in [4.78, 5) is 16.5. The largest absolute Gasteiger partial charge is 0.385 e. The van der Waals surface area contributed by atoms with Crippen LogP contribution in [0.25, 0.3) is 0 Å². The Hall–Kier alpha value is -1.88. The van der Waals surface area contributed by atoms with Gasteiger partial charge < -0.3 is 10.6 Å². The van der Waals surface area contributed by atoms with E-state index in [-0.39, 0.29) is 5.91 Å². The van der Waals surface area contributed by atoms with Crippen molar-refractivity contribution >= 4 is 33.2 Å². The SMILES string of the molecule is CCCCCNc1ccnc(C(=O)Nc2ccc(Br)cc2C)c1. The Balaban J connectivity index is 2.01. The van der Waals surface area contributed by atoms with Gasteiger partial charge in [-0.15, -0.1) is 0 Å². The van der Waals surface area contributed by atoms with Crippen LogP contribution in [0.1, 0.15) is 42.2 Å². The molecule has 0 unspecified atom stereocenters. The molecule has 4 nitrogen and oxygen atoms in total. The van der Waals surface area contributed by atoms with Crippen LogP contribution in [0.4, 0.5) is 11.4 Å². The van der Waals surface area contributed by atoms with E-state index in [1.54, 1.807) is 12.3 Å². The number of nitrogens with one attached hydrogen (secondary N) is 2. The molecule has 0 spiro atoms. The fraction of sp³-hybridized carbons (Fsp3) is 0.333. The zero-order valence-corrected chi connectivity index (χ0v) is 15.1. The zero-order valence-electron chi connectivity index (χ0n) is 13.5. The number of anilines is 2. The molecule has 2 aromatic rings. The van der Waals surface area contributed by atoms with Crippen LogP contribution >= 0.6 is 15.9 Å². The fourth-order valence-corrected chi connectivity index (χ4v) is 2.70. The number of halogens is 1. The highest BCUT2D eigenvalue weighted by molar-refractivity contribution is 9.10. The molecule has 0 radical (unpaired) electrons. The molecule has 5 heteroatoms. The average molecular weight is 376 g/mol. The Kier molecular flexibility index (Phi) is 6.59. The number of hydrogen-bond donors (Lipinski definition) is 2. The van der Waals surface area contributed by atoms with E-state index < -0.39 is 0 Å². The lowest BCUT2D eigenvalue weighted by atomic mass is 10.2. The molecular formula is C18H22BrN3O. The van der Waals surface area contributed by atoms with E-state index in [9.17, 15) is 4.79 Å². The van der Waals surface area contributed by atoms with Gasteiger partial charge >= 0.3 is 0 Å². The van der Waals surface area contributed by atoms with Gasteiger partial charge in [-0.2, -0.15) is 0 Å². The number of aryl methyl sites for hydroxylation is 1. The third kappa shape index (κ3) is 5.36. The minimum Gasteiger partial charge on any atom is -0.385 e. The molecule has 1 aromatic carbocycles. The Labute approximate surface area is 145 Å². The molecule has 2 rings (SSSR count). The smallest absolute Gasteiger partial charge is 0.274 e. The van der Waals surface area contributed by atoms with Gasteiger partial charge in [0.25, 0.3) is 5.91 Å². The summed E-state index contributed by atoms with van der Waals surface area (Å²) >= 11 is 3.42. The van der Waals surface area contributed by atoms with Crippen LogP contribution in [0, 0.1) is 6.92 Å². The maximum atomic E-state index is 12.4. The molecule has 0 aliphatic heterocycles. The molecule has 0 saturated heterocycles. The van der Waals surface area contributed by atoms with Gasteiger partial charge in [-0.05, 0) is 49.2 Å². The molecule has 0 aliphatic rings. The van der Waals surface area contributed by atoms with Crippen molar-refractivity contribution in [3.8, 4) is 0 Å². The molecule has 0 saturated carbocycles. The maximum absolute atomic E-state index is 12.4. The molecule has 122 valence electrons. The predicted molar refractivity (Wildman–Crippen MR) is 99.1 cm³/mol. The molecule has 1 aromatic heterocycles. The molecule has 1 amide bonds. The number of hydrogen-bond acceptors (Lipinski definition) is 3. The van der Waals surface area contributed by atoms with Gasteiger partial charge in [0, 0.05) is 28.6 Å². The molecule has 0 atom stereocenters. The Morgan fingerprint density at radius 3 is 2.78 bits per heavy atom. The number of unbranched alkanes of at least 4 members (excludes halogenated alkanes) is 2. The van der Waals surface area contributed by atoms with Gasteiger partial charge in [-0.1, -0.05) is 35.7 Å². The first-order valence-electron chi connectivity index (χ1n) is 7.87. The number of aromatic nitrogens is 1. The Morgan fingerprint density at radius 2 is 2.04 bits per heavy atom. The minimum atomic E-state index is -0.201. The third-order valence-corrected chi connectivity index (χ3v) is 4.03. The average Bonchev–Trinajstić information content (AvgIpc) is 2.54. The lowest BCUT2D eigenvalue weighted by molar-refractivity contribution is 0.102. The van der Waals surface area contributed by atoms with Gasteiger partial charge in [-0.3, -0.25) is 9.78 Å². The van der Waals surface area contributed by atoms with Crippen molar-refractivity contribution in [2.24, 2.45) is 0 Å². The van der Waals surface area contributed by atoms with Crippen molar-refractivity contribution in [3.63, 3.8) is 0 Å². The molecule has 0 aliphatic carbocycles. The van der Waals surface area contributed by atoms with Crippen molar-refractivity contribution in [3.05, 3.63) is 52.3 Å². The van der Waals surface area contributed by atoms with Crippen LogP contribution in [0.15, 0.2) is 41.0 Å². The number of carbonyl (C=O) groups is 1. The summed E-state index contributed by atoms with van der Waals surface area (Å²) in [5, 5.41) is 6.24. The molecule has 0 fully saturated rings. The van der Waals surface area contributed by atoms with Crippen LogP contribution in [-0.2, 0) is 0 Å². The van der Waals surface area contributed by atoms with Gasteiger partial charge in [0.2, 0.25) is 0 Å². The second-order valence-electron chi connectivity index (χ2n) is 5.48. The van der Waals surface area contributed by atoms with Crippen molar-refractivity contribution in [2.75, 3.05) is 17.2 Å². The van der Waals surface area contributed by atoms with Crippen molar-refractivity contribution in [1.82, 2.24) is 4.98 Å². The van der Waals surface area contributed by atoms with E-state index in [1.165, 1.54) is 12.8 Å². The van der Waals surface area contributed by atoms with Gasteiger partial charge in [0.1, 0.15) is 5.69 Å². The topological polar surface area (TPSA) is 54.0 Å². The summed E-state index contributed by atoms with van der Waals surface area (Å²) < 4.78 is 0.990. The van der Waals surface area contributed by atoms with Gasteiger partial charge in [0.15, 0.2) is 0 Å². The summed E-state index contributed by atoms with van der Waals surface area (Å²) in [6.07, 6.45) is 5.18. The van der Waals surface area contributed by atoms with Gasteiger partial charge in [-0.25, -0.2) is 0 Å². The number of benzene rings is 1. The number of nitrogens with zero attached hydrogens (tertiary/aromatic N) is 1. The Bertz CT molecular complexity index is 673. The first kappa shape index (κ1) is 17.5. The van der Waals surface area contributed by atoms with Crippen molar-refractivity contribution in [1.29, 1.82) is 0 Å². The second-order valence-corrected chi connectivity index (χ2v) is 6.39. The van der Waals surface area contributed by atoms with E-state index in [4.69, 9.17) is 0 Å². The number of rotatable bonds is 7. The number of carbonyl (C=O) groups excluding carboxylic acids is 1. The van der Waals surface area contributed by atoms with Crippen LogP contribution in [0.3, 0.4) is 0 Å². The second kappa shape index (κ2) is 8.67. The summed E-state index contributed by atoms with van der Waals surface area (Å²) in [5.74, 6) is -0.201.